The molecule has 0 saturated heterocycles. The largest absolute Gasteiger partial charge is 0.354 e. The average Bonchev–Trinajstić information content (AvgIpc) is 3.04. The molecule has 7 nitrogen and oxygen atoms in total. The lowest BCUT2D eigenvalue weighted by Gasteiger charge is -2.34. The van der Waals surface area contributed by atoms with Crippen LogP contribution in [0.15, 0.2) is 102 Å². The van der Waals surface area contributed by atoms with Crippen molar-refractivity contribution in [3.05, 3.63) is 129 Å². The summed E-state index contributed by atoms with van der Waals surface area (Å²) in [4.78, 5) is 29.9. The predicted octanol–water partition coefficient (Wildman–Crippen LogP) is 7.36. The van der Waals surface area contributed by atoms with Gasteiger partial charge in [0.15, 0.2) is 0 Å². The zero-order valence-corrected chi connectivity index (χ0v) is 28.6. The highest BCUT2D eigenvalue weighted by Gasteiger charge is 2.35. The van der Waals surface area contributed by atoms with Crippen molar-refractivity contribution in [2.24, 2.45) is 0 Å². The van der Waals surface area contributed by atoms with Gasteiger partial charge in [-0.05, 0) is 67.3 Å². The molecule has 2 amide bonds. The van der Waals surface area contributed by atoms with Crippen LogP contribution in [0.2, 0.25) is 10.0 Å². The first-order chi connectivity index (χ1) is 22.0. The van der Waals surface area contributed by atoms with Gasteiger partial charge in [0.2, 0.25) is 11.8 Å². The minimum absolute atomic E-state index is 0.00964. The summed E-state index contributed by atoms with van der Waals surface area (Å²) < 4.78 is 29.4. The fourth-order valence-electron chi connectivity index (χ4n) is 4.97. The van der Waals surface area contributed by atoms with Crippen LogP contribution >= 0.6 is 23.2 Å². The van der Waals surface area contributed by atoms with Gasteiger partial charge in [-0.3, -0.25) is 13.9 Å². The normalized spacial score (nSPS) is 11.9. The molecule has 0 aromatic heterocycles. The van der Waals surface area contributed by atoms with Crippen molar-refractivity contribution < 1.29 is 18.0 Å². The topological polar surface area (TPSA) is 86.8 Å². The second kappa shape index (κ2) is 16.1. The molecule has 1 N–H and O–H groups in total. The molecule has 46 heavy (non-hydrogen) atoms. The number of hydrogen-bond donors (Lipinski definition) is 1. The van der Waals surface area contributed by atoms with Crippen LogP contribution in [0.5, 0.6) is 0 Å². The number of carbonyl (C=O) groups excluding carboxylic acids is 2. The SMILES string of the molecule is CCCCNC(=O)C(Cc1ccccc1)N(Cc1ccccc1Cl)C(=O)CN(c1ccc(C)c(Cl)c1)S(=O)(=O)c1ccc(C)cc1. The van der Waals surface area contributed by atoms with Crippen LogP contribution in [0.1, 0.15) is 42.0 Å². The highest BCUT2D eigenvalue weighted by Crippen LogP contribution is 2.29. The lowest BCUT2D eigenvalue weighted by Crippen LogP contribution is -2.53. The number of aryl methyl sites for hydroxylation is 2. The fraction of sp³-hybridized carbons (Fsp3) is 0.278. The molecule has 1 unspecified atom stereocenters. The minimum Gasteiger partial charge on any atom is -0.354 e. The van der Waals surface area contributed by atoms with Crippen molar-refractivity contribution >= 4 is 50.7 Å². The highest BCUT2D eigenvalue weighted by molar-refractivity contribution is 7.92. The third-order valence-electron chi connectivity index (χ3n) is 7.73. The van der Waals surface area contributed by atoms with E-state index in [0.29, 0.717) is 22.2 Å². The molecular weight excluding hydrogens is 641 g/mol. The first kappa shape index (κ1) is 35.0. The number of benzene rings is 4. The Kier molecular flexibility index (Phi) is 12.3. The lowest BCUT2D eigenvalue weighted by molar-refractivity contribution is -0.140. The summed E-state index contributed by atoms with van der Waals surface area (Å²) in [6.45, 7) is 5.57. The quantitative estimate of drug-likeness (QED) is 0.141. The van der Waals surface area contributed by atoms with Crippen LogP contribution in [0.3, 0.4) is 0 Å². The first-order valence-corrected chi connectivity index (χ1v) is 17.4. The van der Waals surface area contributed by atoms with Crippen molar-refractivity contribution in [3.63, 3.8) is 0 Å². The molecule has 0 fully saturated rings. The van der Waals surface area contributed by atoms with E-state index in [-0.39, 0.29) is 29.5 Å². The van der Waals surface area contributed by atoms with Crippen molar-refractivity contribution in [3.8, 4) is 0 Å². The van der Waals surface area contributed by atoms with Gasteiger partial charge in [-0.25, -0.2) is 8.42 Å². The molecule has 0 aliphatic carbocycles. The number of halogens is 2. The standard InChI is InChI=1S/C36H39Cl2N3O4S/c1-4-5-21-39-36(43)34(22-28-11-7-6-8-12-28)40(24-29-13-9-10-14-32(29)37)35(42)25-41(30-18-17-27(3)33(38)23-30)46(44,45)31-19-15-26(2)16-20-31/h6-20,23,34H,4-5,21-22,24-25H2,1-3H3,(H,39,43). The lowest BCUT2D eigenvalue weighted by atomic mass is 10.0. The van der Waals surface area contributed by atoms with E-state index >= 15 is 0 Å². The van der Waals surface area contributed by atoms with E-state index < -0.39 is 28.5 Å². The van der Waals surface area contributed by atoms with Gasteiger partial charge in [0.1, 0.15) is 12.6 Å². The monoisotopic (exact) mass is 679 g/mol. The number of amides is 2. The summed E-state index contributed by atoms with van der Waals surface area (Å²) in [6.07, 6.45) is 1.88. The van der Waals surface area contributed by atoms with Crippen LogP contribution in [0.25, 0.3) is 0 Å². The van der Waals surface area contributed by atoms with Gasteiger partial charge < -0.3 is 10.2 Å². The van der Waals surface area contributed by atoms with Gasteiger partial charge >= 0.3 is 0 Å². The van der Waals surface area contributed by atoms with Crippen LogP contribution < -0.4 is 9.62 Å². The maximum absolute atomic E-state index is 14.6. The molecule has 0 bridgehead atoms. The Morgan fingerprint density at radius 3 is 2.17 bits per heavy atom. The molecule has 0 aliphatic rings. The summed E-state index contributed by atoms with van der Waals surface area (Å²) in [5, 5.41) is 3.78. The molecule has 1 atom stereocenters. The molecule has 0 aliphatic heterocycles. The van der Waals surface area contributed by atoms with Crippen LogP contribution in [0.4, 0.5) is 5.69 Å². The van der Waals surface area contributed by atoms with Crippen LogP contribution in [0, 0.1) is 13.8 Å². The second-order valence-electron chi connectivity index (χ2n) is 11.2. The predicted molar refractivity (Wildman–Crippen MR) is 186 cm³/mol. The number of rotatable bonds is 14. The maximum atomic E-state index is 14.6. The molecule has 4 aromatic carbocycles. The van der Waals surface area contributed by atoms with E-state index in [1.807, 2.05) is 51.1 Å². The van der Waals surface area contributed by atoms with E-state index in [1.54, 1.807) is 48.5 Å². The summed E-state index contributed by atoms with van der Waals surface area (Å²) in [7, 11) is -4.23. The number of anilines is 1. The minimum atomic E-state index is -4.23. The average molecular weight is 681 g/mol. The summed E-state index contributed by atoms with van der Waals surface area (Å²) >= 11 is 13.0. The van der Waals surface area contributed by atoms with Crippen molar-refractivity contribution in [2.45, 2.75) is 57.5 Å². The maximum Gasteiger partial charge on any atom is 0.264 e. The van der Waals surface area contributed by atoms with Gasteiger partial charge in [-0.1, -0.05) is 109 Å². The number of nitrogens with one attached hydrogen (secondary N) is 1. The molecular formula is C36H39Cl2N3O4S. The van der Waals surface area contributed by atoms with Crippen LogP contribution in [-0.2, 0) is 32.6 Å². The molecule has 0 heterocycles. The third-order valence-corrected chi connectivity index (χ3v) is 10.3. The molecule has 4 rings (SSSR count). The number of sulfonamides is 1. The van der Waals surface area contributed by atoms with E-state index in [1.165, 1.54) is 23.1 Å². The zero-order valence-electron chi connectivity index (χ0n) is 26.2. The van der Waals surface area contributed by atoms with E-state index in [9.17, 15) is 18.0 Å². The second-order valence-corrected chi connectivity index (χ2v) is 13.9. The fourth-order valence-corrected chi connectivity index (χ4v) is 6.75. The molecule has 0 saturated carbocycles. The zero-order chi connectivity index (χ0) is 33.3. The Morgan fingerprint density at radius 2 is 1.52 bits per heavy atom. The van der Waals surface area contributed by atoms with Crippen molar-refractivity contribution in [1.82, 2.24) is 10.2 Å². The smallest absolute Gasteiger partial charge is 0.264 e. The van der Waals surface area contributed by atoms with E-state index in [0.717, 1.165) is 33.8 Å². The summed E-state index contributed by atoms with van der Waals surface area (Å²) in [5.41, 5.74) is 3.36. The number of carbonyl (C=O) groups is 2. The first-order valence-electron chi connectivity index (χ1n) is 15.2. The molecule has 10 heteroatoms. The van der Waals surface area contributed by atoms with E-state index in [2.05, 4.69) is 5.32 Å². The Bertz CT molecular complexity index is 1750. The van der Waals surface area contributed by atoms with Crippen molar-refractivity contribution in [2.75, 3.05) is 17.4 Å². The Balaban J connectivity index is 1.81. The molecule has 0 radical (unpaired) electrons. The van der Waals surface area contributed by atoms with Gasteiger partial charge in [0.25, 0.3) is 10.0 Å². The number of nitrogens with zero attached hydrogens (tertiary/aromatic N) is 2. The summed E-state index contributed by atoms with van der Waals surface area (Å²) in [6, 6.07) is 26.9. The Morgan fingerprint density at radius 1 is 0.848 bits per heavy atom. The summed E-state index contributed by atoms with van der Waals surface area (Å²) in [5.74, 6) is -0.900. The van der Waals surface area contributed by atoms with Gasteiger partial charge in [0, 0.05) is 29.6 Å². The number of hydrogen-bond acceptors (Lipinski definition) is 4. The van der Waals surface area contributed by atoms with E-state index in [4.69, 9.17) is 23.2 Å². The molecule has 242 valence electrons. The van der Waals surface area contributed by atoms with Crippen molar-refractivity contribution in [1.29, 1.82) is 0 Å². The molecule has 4 aromatic rings. The highest BCUT2D eigenvalue weighted by atomic mass is 35.5. The Labute approximate surface area is 282 Å². The Hall–Kier alpha value is -3.85. The van der Waals surface area contributed by atoms with Crippen LogP contribution in [-0.4, -0.2) is 44.3 Å². The third kappa shape index (κ3) is 8.90. The number of unbranched alkanes of at least 4 members (excludes halogenated alkanes) is 1. The van der Waals surface area contributed by atoms with Gasteiger partial charge in [-0.15, -0.1) is 0 Å². The van der Waals surface area contributed by atoms with Gasteiger partial charge in [-0.2, -0.15) is 0 Å². The van der Waals surface area contributed by atoms with Gasteiger partial charge in [0.05, 0.1) is 10.6 Å². The molecule has 0 spiro atoms.